The Labute approximate surface area is 233 Å². The molecule has 0 fully saturated rings. The standard InChI is InChI=1S/C28H25F5N4O3S/c1-17-12-21(40-3)6-4-19(17)15-37(27-10-11-34-16-35-27)41(38,39)22-7-9-26(24(14-22)28(31,32)33)36-18(2)23-13-20(29)5-8-25(23)30/h4-14,16,18,36H,15H2,1-3H3/t18-/m0/s1. The van der Waals surface area contributed by atoms with Gasteiger partial charge in [-0.15, -0.1) is 0 Å². The van der Waals surface area contributed by atoms with E-state index in [4.69, 9.17) is 4.74 Å². The van der Waals surface area contributed by atoms with E-state index in [1.165, 1.54) is 26.3 Å². The molecule has 1 aromatic heterocycles. The third-order valence-corrected chi connectivity index (χ3v) is 8.11. The lowest BCUT2D eigenvalue weighted by Gasteiger charge is -2.26. The molecule has 13 heteroatoms. The first-order chi connectivity index (χ1) is 19.3. The highest BCUT2D eigenvalue weighted by atomic mass is 32.2. The van der Waals surface area contributed by atoms with E-state index >= 15 is 0 Å². The summed E-state index contributed by atoms with van der Waals surface area (Å²) in [6, 6.07) is 10.3. The molecule has 0 radical (unpaired) electrons. The minimum Gasteiger partial charge on any atom is -0.497 e. The van der Waals surface area contributed by atoms with Crippen LogP contribution in [0.4, 0.5) is 33.5 Å². The smallest absolute Gasteiger partial charge is 0.418 e. The third kappa shape index (κ3) is 6.56. The van der Waals surface area contributed by atoms with Crippen molar-refractivity contribution in [2.45, 2.75) is 37.5 Å². The quantitative estimate of drug-likeness (QED) is 0.219. The minimum atomic E-state index is -4.99. The summed E-state index contributed by atoms with van der Waals surface area (Å²) in [6.07, 6.45) is -2.55. The van der Waals surface area contributed by atoms with Crippen molar-refractivity contribution in [3.05, 3.63) is 107 Å². The van der Waals surface area contributed by atoms with Crippen LogP contribution in [-0.2, 0) is 22.7 Å². The van der Waals surface area contributed by atoms with Crippen molar-refractivity contribution in [2.24, 2.45) is 0 Å². The molecule has 0 unspecified atom stereocenters. The van der Waals surface area contributed by atoms with Crippen LogP contribution >= 0.6 is 0 Å². The van der Waals surface area contributed by atoms with Crippen LogP contribution in [0.3, 0.4) is 0 Å². The van der Waals surface area contributed by atoms with Gasteiger partial charge in [-0.05, 0) is 73.5 Å². The number of aryl methyl sites for hydroxylation is 1. The molecule has 0 saturated carbocycles. The lowest BCUT2D eigenvalue weighted by molar-refractivity contribution is -0.137. The molecule has 0 amide bonds. The summed E-state index contributed by atoms with van der Waals surface area (Å²) in [7, 11) is -3.12. The molecule has 0 bridgehead atoms. The summed E-state index contributed by atoms with van der Waals surface area (Å²) < 4.78 is 104. The highest BCUT2D eigenvalue weighted by Gasteiger charge is 2.37. The Morgan fingerprint density at radius 1 is 1.02 bits per heavy atom. The van der Waals surface area contributed by atoms with E-state index in [2.05, 4.69) is 15.3 Å². The van der Waals surface area contributed by atoms with Gasteiger partial charge >= 0.3 is 6.18 Å². The lowest BCUT2D eigenvalue weighted by atomic mass is 10.1. The van der Waals surface area contributed by atoms with Gasteiger partial charge in [0, 0.05) is 23.5 Å². The SMILES string of the molecule is COc1ccc(CN(c2ccncn2)S(=O)(=O)c2ccc(N[C@@H](C)c3cc(F)ccc3F)c(C(F)(F)F)c2)c(C)c1. The van der Waals surface area contributed by atoms with Crippen LogP contribution in [0.2, 0.25) is 0 Å². The molecule has 4 rings (SSSR count). The molecule has 3 aromatic carbocycles. The van der Waals surface area contributed by atoms with E-state index in [9.17, 15) is 30.4 Å². The number of hydrogen-bond acceptors (Lipinski definition) is 6. The molecular weight excluding hydrogens is 567 g/mol. The van der Waals surface area contributed by atoms with Crippen LogP contribution in [0.1, 0.15) is 35.2 Å². The van der Waals surface area contributed by atoms with Crippen molar-refractivity contribution >= 4 is 21.5 Å². The highest BCUT2D eigenvalue weighted by molar-refractivity contribution is 7.92. The van der Waals surface area contributed by atoms with Crippen molar-refractivity contribution in [3.8, 4) is 5.75 Å². The number of sulfonamides is 1. The molecule has 4 aromatic rings. The molecule has 0 saturated heterocycles. The average molecular weight is 593 g/mol. The fraction of sp³-hybridized carbons (Fsp3) is 0.214. The van der Waals surface area contributed by atoms with Crippen LogP contribution in [-0.4, -0.2) is 25.5 Å². The van der Waals surface area contributed by atoms with Gasteiger partial charge in [-0.2, -0.15) is 13.2 Å². The Kier molecular flexibility index (Phi) is 8.47. The van der Waals surface area contributed by atoms with Gasteiger partial charge in [0.15, 0.2) is 0 Å². The maximum atomic E-state index is 14.2. The summed E-state index contributed by atoms with van der Waals surface area (Å²) in [5, 5.41) is 2.53. The highest BCUT2D eigenvalue weighted by Crippen LogP contribution is 2.39. The van der Waals surface area contributed by atoms with E-state index < -0.39 is 50.0 Å². The monoisotopic (exact) mass is 592 g/mol. The number of ether oxygens (including phenoxy) is 1. The van der Waals surface area contributed by atoms with E-state index in [1.54, 1.807) is 25.1 Å². The Hall–Kier alpha value is -4.26. The second-order valence-electron chi connectivity index (χ2n) is 9.11. The number of benzene rings is 3. The van der Waals surface area contributed by atoms with Crippen LogP contribution in [0.5, 0.6) is 5.75 Å². The van der Waals surface area contributed by atoms with E-state index in [1.807, 2.05) is 0 Å². The summed E-state index contributed by atoms with van der Waals surface area (Å²) in [5.74, 6) is -1.08. The van der Waals surface area contributed by atoms with Crippen molar-refractivity contribution < 1.29 is 35.1 Å². The molecule has 1 heterocycles. The predicted octanol–water partition coefficient (Wildman–Crippen LogP) is 6.66. The summed E-state index contributed by atoms with van der Waals surface area (Å²) in [5.41, 5.74) is -0.752. The zero-order chi connectivity index (χ0) is 29.9. The number of rotatable bonds is 9. The average Bonchev–Trinajstić information content (AvgIpc) is 2.93. The third-order valence-electron chi connectivity index (χ3n) is 6.37. The van der Waals surface area contributed by atoms with Gasteiger partial charge < -0.3 is 10.1 Å². The number of hydrogen-bond donors (Lipinski definition) is 1. The normalized spacial score (nSPS) is 12.6. The summed E-state index contributed by atoms with van der Waals surface area (Å²) in [4.78, 5) is 7.16. The molecule has 1 atom stereocenters. The minimum absolute atomic E-state index is 0.0545. The largest absolute Gasteiger partial charge is 0.497 e. The molecule has 0 aliphatic carbocycles. The number of alkyl halides is 3. The lowest BCUT2D eigenvalue weighted by Crippen LogP contribution is -2.32. The van der Waals surface area contributed by atoms with E-state index in [0.29, 0.717) is 22.9 Å². The fourth-order valence-electron chi connectivity index (χ4n) is 4.18. The van der Waals surface area contributed by atoms with E-state index in [0.717, 1.165) is 41.0 Å². The molecule has 41 heavy (non-hydrogen) atoms. The van der Waals surface area contributed by atoms with Crippen molar-refractivity contribution in [3.63, 3.8) is 0 Å². The van der Waals surface area contributed by atoms with Gasteiger partial charge in [0.2, 0.25) is 0 Å². The van der Waals surface area contributed by atoms with Crippen LogP contribution in [0.15, 0.2) is 78.1 Å². The van der Waals surface area contributed by atoms with Gasteiger partial charge in [0.1, 0.15) is 29.5 Å². The number of nitrogens with zero attached hydrogens (tertiary/aromatic N) is 3. The number of methoxy groups -OCH3 is 1. The zero-order valence-corrected chi connectivity index (χ0v) is 22.9. The van der Waals surface area contributed by atoms with Crippen molar-refractivity contribution in [1.29, 1.82) is 0 Å². The molecule has 216 valence electrons. The van der Waals surface area contributed by atoms with Crippen molar-refractivity contribution in [2.75, 3.05) is 16.7 Å². The number of aromatic nitrogens is 2. The molecular formula is C28H25F5N4O3S. The Balaban J connectivity index is 1.77. The van der Waals surface area contributed by atoms with Crippen molar-refractivity contribution in [1.82, 2.24) is 9.97 Å². The topological polar surface area (TPSA) is 84.4 Å². The van der Waals surface area contributed by atoms with Gasteiger partial charge in [0.05, 0.1) is 30.2 Å². The summed E-state index contributed by atoms with van der Waals surface area (Å²) in [6.45, 7) is 2.86. The summed E-state index contributed by atoms with van der Waals surface area (Å²) >= 11 is 0. The first kappa shape index (κ1) is 29.7. The molecule has 7 nitrogen and oxygen atoms in total. The number of anilines is 2. The first-order valence-electron chi connectivity index (χ1n) is 12.2. The molecule has 1 N–H and O–H groups in total. The number of halogens is 5. The second-order valence-corrected chi connectivity index (χ2v) is 11.0. The Bertz CT molecular complexity index is 1650. The molecule has 0 aliphatic rings. The number of nitrogens with one attached hydrogen (secondary N) is 1. The van der Waals surface area contributed by atoms with Crippen LogP contribution in [0, 0.1) is 18.6 Å². The van der Waals surface area contributed by atoms with Gasteiger partial charge in [-0.1, -0.05) is 6.07 Å². The fourth-order valence-corrected chi connectivity index (χ4v) is 5.60. The van der Waals surface area contributed by atoms with Gasteiger partial charge in [-0.3, -0.25) is 0 Å². The predicted molar refractivity (Wildman–Crippen MR) is 143 cm³/mol. The van der Waals surface area contributed by atoms with Crippen LogP contribution < -0.4 is 14.4 Å². The first-order valence-corrected chi connectivity index (χ1v) is 13.6. The Morgan fingerprint density at radius 2 is 1.78 bits per heavy atom. The van der Waals surface area contributed by atoms with Gasteiger partial charge in [-0.25, -0.2) is 31.5 Å². The molecule has 0 aliphatic heterocycles. The maximum Gasteiger partial charge on any atom is 0.418 e. The van der Waals surface area contributed by atoms with Crippen LogP contribution in [0.25, 0.3) is 0 Å². The van der Waals surface area contributed by atoms with E-state index in [-0.39, 0.29) is 17.9 Å². The molecule has 0 spiro atoms. The second kappa shape index (κ2) is 11.7. The Morgan fingerprint density at radius 3 is 2.41 bits per heavy atom. The van der Waals surface area contributed by atoms with Gasteiger partial charge in [0.25, 0.3) is 10.0 Å². The maximum absolute atomic E-state index is 14.2. The zero-order valence-electron chi connectivity index (χ0n) is 22.1.